The summed E-state index contributed by atoms with van der Waals surface area (Å²) in [6.07, 6.45) is 5.53. The summed E-state index contributed by atoms with van der Waals surface area (Å²) in [6, 6.07) is 0. The molecule has 1 N–H and O–H groups in total. The zero-order valence-electron chi connectivity index (χ0n) is 20.0. The Morgan fingerprint density at radius 1 is 1.15 bits per heavy atom. The van der Waals surface area contributed by atoms with Crippen LogP contribution in [-0.4, -0.2) is 42.0 Å². The monoisotopic (exact) mass is 462 g/mol. The lowest BCUT2D eigenvalue weighted by Gasteiger charge is -2.63. The first kappa shape index (κ1) is 24.2. The van der Waals surface area contributed by atoms with Crippen LogP contribution in [0.4, 0.5) is 0 Å². The Labute approximate surface area is 196 Å². The molecule has 33 heavy (non-hydrogen) atoms. The van der Waals surface area contributed by atoms with Gasteiger partial charge in [-0.25, -0.2) is 0 Å². The van der Waals surface area contributed by atoms with E-state index >= 15 is 0 Å². The van der Waals surface area contributed by atoms with Gasteiger partial charge in [0.05, 0.1) is 0 Å². The number of carboxylic acid groups (broad SMARTS) is 1. The van der Waals surface area contributed by atoms with E-state index in [4.69, 9.17) is 9.47 Å². The molecule has 0 spiro atoms. The first-order valence-corrected chi connectivity index (χ1v) is 12.6. The summed E-state index contributed by atoms with van der Waals surface area (Å²) in [6.45, 7) is 7.75. The van der Waals surface area contributed by atoms with Crippen molar-refractivity contribution >= 4 is 24.7 Å². The number of hydrogen-bond donors (Lipinski definition) is 1. The van der Waals surface area contributed by atoms with Gasteiger partial charge in [0.25, 0.3) is 12.9 Å². The van der Waals surface area contributed by atoms with Gasteiger partial charge in [-0.05, 0) is 73.5 Å². The molecule has 0 aromatic carbocycles. The predicted molar refractivity (Wildman–Crippen MR) is 119 cm³/mol. The van der Waals surface area contributed by atoms with E-state index in [0.29, 0.717) is 45.0 Å². The minimum Gasteiger partial charge on any atom is -0.481 e. The third-order valence-electron chi connectivity index (χ3n) is 10.6. The maximum atomic E-state index is 12.3. The second-order valence-electron chi connectivity index (χ2n) is 11.7. The molecule has 0 aliphatic heterocycles. The van der Waals surface area contributed by atoms with Gasteiger partial charge >= 0.3 is 5.97 Å². The average molecular weight is 463 g/mol. The van der Waals surface area contributed by atoms with Crippen LogP contribution in [0, 0.1) is 46.3 Å². The molecule has 7 heteroatoms. The van der Waals surface area contributed by atoms with Crippen LogP contribution in [0.5, 0.6) is 0 Å². The molecule has 4 fully saturated rings. The Morgan fingerprint density at radius 3 is 2.55 bits per heavy atom. The maximum Gasteiger partial charge on any atom is 0.303 e. The number of aliphatic carboxylic acids is 1. The summed E-state index contributed by atoms with van der Waals surface area (Å²) in [5, 5.41) is 9.20. The quantitative estimate of drug-likeness (QED) is 0.543. The number of carbonyl (C=O) groups excluding carboxylic acids is 3. The van der Waals surface area contributed by atoms with Gasteiger partial charge in [0.15, 0.2) is 0 Å². The lowest BCUT2D eigenvalue weighted by Crippen LogP contribution is -2.63. The van der Waals surface area contributed by atoms with Crippen LogP contribution in [0.1, 0.15) is 78.6 Å². The number of carbonyl (C=O) groups is 4. The lowest BCUT2D eigenvalue weighted by molar-refractivity contribution is -0.212. The number of ether oxygens (including phenoxy) is 2. The van der Waals surface area contributed by atoms with E-state index in [1.807, 2.05) is 0 Å². The molecule has 10 atom stereocenters. The molecule has 7 nitrogen and oxygen atoms in total. The molecule has 0 heterocycles. The number of carboxylic acids is 1. The van der Waals surface area contributed by atoms with Crippen molar-refractivity contribution in [2.75, 3.05) is 0 Å². The molecule has 4 rings (SSSR count). The molecule has 4 aliphatic carbocycles. The van der Waals surface area contributed by atoms with Gasteiger partial charge < -0.3 is 14.6 Å². The highest BCUT2D eigenvalue weighted by Gasteiger charge is 2.67. The number of rotatable bonds is 8. The summed E-state index contributed by atoms with van der Waals surface area (Å²) >= 11 is 0. The summed E-state index contributed by atoms with van der Waals surface area (Å²) < 4.78 is 11.5. The predicted octanol–water partition coefficient (Wildman–Crippen LogP) is 4.02. The van der Waals surface area contributed by atoms with E-state index in [1.165, 1.54) is 0 Å². The van der Waals surface area contributed by atoms with Crippen molar-refractivity contribution in [2.24, 2.45) is 46.3 Å². The van der Waals surface area contributed by atoms with Crippen molar-refractivity contribution in [1.82, 2.24) is 0 Å². The minimum absolute atomic E-state index is 0.0415. The van der Waals surface area contributed by atoms with Crippen molar-refractivity contribution in [3.05, 3.63) is 0 Å². The fraction of sp³-hybridized carbons (Fsp3) is 0.846. The summed E-state index contributed by atoms with van der Waals surface area (Å²) in [4.78, 5) is 46.6. The number of ketones is 1. The molecule has 0 aromatic heterocycles. The van der Waals surface area contributed by atoms with Crippen LogP contribution in [-0.2, 0) is 28.7 Å². The number of hydrogen-bond acceptors (Lipinski definition) is 6. The van der Waals surface area contributed by atoms with Crippen LogP contribution in [0.25, 0.3) is 0 Å². The molecule has 0 radical (unpaired) electrons. The molecular weight excluding hydrogens is 424 g/mol. The topological polar surface area (TPSA) is 107 Å². The molecule has 0 saturated heterocycles. The highest BCUT2D eigenvalue weighted by molar-refractivity contribution is 5.79. The second-order valence-corrected chi connectivity index (χ2v) is 11.7. The van der Waals surface area contributed by atoms with Crippen LogP contribution in [0.15, 0.2) is 0 Å². The highest BCUT2D eigenvalue weighted by atomic mass is 16.5. The molecule has 0 bridgehead atoms. The molecule has 10 unspecified atom stereocenters. The zero-order chi connectivity index (χ0) is 24.0. The fourth-order valence-corrected chi connectivity index (χ4v) is 8.93. The van der Waals surface area contributed by atoms with Gasteiger partial charge in [-0.1, -0.05) is 20.8 Å². The van der Waals surface area contributed by atoms with Gasteiger partial charge in [0.2, 0.25) is 0 Å². The van der Waals surface area contributed by atoms with Gasteiger partial charge in [-0.2, -0.15) is 0 Å². The third kappa shape index (κ3) is 3.89. The van der Waals surface area contributed by atoms with Crippen LogP contribution in [0.3, 0.4) is 0 Å². The van der Waals surface area contributed by atoms with E-state index in [-0.39, 0.29) is 70.7 Å². The lowest BCUT2D eigenvalue weighted by atomic mass is 9.43. The average Bonchev–Trinajstić information content (AvgIpc) is 3.12. The highest BCUT2D eigenvalue weighted by Crippen LogP contribution is 2.69. The number of Topliss-reactive ketones (excluding diaryl/α,β-unsaturated/α-hetero) is 1. The molecule has 184 valence electrons. The minimum atomic E-state index is -0.788. The largest absolute Gasteiger partial charge is 0.481 e. The van der Waals surface area contributed by atoms with Gasteiger partial charge in [-0.15, -0.1) is 0 Å². The standard InChI is InChI=1S/C26H38O7/c1-15(4-7-23(30)31)18-5-6-19-24-20(12-22(33-14-28)26(18,19)3)25(2)9-8-17(29)10-16(25)11-21(24)32-13-27/h13-16,18-22,24H,4-12H2,1-3H3,(H,30,31). The molecule has 4 saturated carbocycles. The Morgan fingerprint density at radius 2 is 1.88 bits per heavy atom. The Balaban J connectivity index is 1.71. The van der Waals surface area contributed by atoms with E-state index in [9.17, 15) is 24.3 Å². The summed E-state index contributed by atoms with van der Waals surface area (Å²) in [5.74, 6) is 0.705. The van der Waals surface area contributed by atoms with Crippen molar-refractivity contribution in [2.45, 2.75) is 90.8 Å². The second kappa shape index (κ2) is 9.03. The first-order chi connectivity index (χ1) is 15.7. The fourth-order valence-electron chi connectivity index (χ4n) is 8.93. The van der Waals surface area contributed by atoms with Crippen molar-refractivity contribution in [1.29, 1.82) is 0 Å². The Bertz CT molecular complexity index is 796. The van der Waals surface area contributed by atoms with E-state index in [0.717, 1.165) is 19.3 Å². The Hall–Kier alpha value is -1.92. The molecule has 0 amide bonds. The number of fused-ring (bicyclic) bond motifs is 5. The van der Waals surface area contributed by atoms with Crippen molar-refractivity contribution in [3.8, 4) is 0 Å². The summed E-state index contributed by atoms with van der Waals surface area (Å²) in [5.41, 5.74) is -0.335. The van der Waals surface area contributed by atoms with Gasteiger partial charge in [-0.3, -0.25) is 19.2 Å². The van der Waals surface area contributed by atoms with Crippen LogP contribution >= 0.6 is 0 Å². The normalized spacial score (nSPS) is 45.2. The first-order valence-electron chi connectivity index (χ1n) is 12.6. The van der Waals surface area contributed by atoms with Crippen LogP contribution < -0.4 is 0 Å². The van der Waals surface area contributed by atoms with E-state index in [2.05, 4.69) is 20.8 Å². The smallest absolute Gasteiger partial charge is 0.303 e. The van der Waals surface area contributed by atoms with E-state index in [1.54, 1.807) is 0 Å². The summed E-state index contributed by atoms with van der Waals surface area (Å²) in [7, 11) is 0. The zero-order valence-corrected chi connectivity index (χ0v) is 20.0. The van der Waals surface area contributed by atoms with E-state index < -0.39 is 5.97 Å². The Kier molecular flexibility index (Phi) is 6.62. The van der Waals surface area contributed by atoms with Crippen molar-refractivity contribution < 1.29 is 33.8 Å². The van der Waals surface area contributed by atoms with Crippen LogP contribution in [0.2, 0.25) is 0 Å². The maximum absolute atomic E-state index is 12.3. The molecular formula is C26H38O7. The van der Waals surface area contributed by atoms with Gasteiger partial charge in [0, 0.05) is 30.6 Å². The molecule has 0 aromatic rings. The third-order valence-corrected chi connectivity index (χ3v) is 10.6. The molecule has 4 aliphatic rings. The van der Waals surface area contributed by atoms with Gasteiger partial charge in [0.1, 0.15) is 18.0 Å². The SMILES string of the molecule is CC(CCC(=O)O)C1CCC2C3C(OC=O)CC4CC(=O)CCC4(C)C3CC(OC=O)C12C. The van der Waals surface area contributed by atoms with Crippen molar-refractivity contribution in [3.63, 3.8) is 0 Å².